The number of carbonyl (C=O) groups is 4. The van der Waals surface area contributed by atoms with E-state index in [2.05, 4.69) is 0 Å². The Morgan fingerprint density at radius 1 is 0.781 bits per heavy atom. The number of fused-ring (bicyclic) bond motifs is 1. The summed E-state index contributed by atoms with van der Waals surface area (Å²) in [4.78, 5) is 52.8. The number of Topliss-reactive ketones (excluding diaryl/α,β-unsaturated/α-hetero) is 1. The van der Waals surface area contributed by atoms with Gasteiger partial charge in [0.15, 0.2) is 6.10 Å². The molecule has 2 atom stereocenters. The Kier molecular flexibility index (Phi) is 5.94. The smallest absolute Gasteiger partial charge is 0.330 e. The molecule has 0 saturated heterocycles. The zero-order chi connectivity index (χ0) is 22.7. The highest BCUT2D eigenvalue weighted by atomic mass is 16.5. The van der Waals surface area contributed by atoms with E-state index < -0.39 is 29.9 Å². The molecule has 1 heterocycles. The summed E-state index contributed by atoms with van der Waals surface area (Å²) in [5.74, 6) is -2.27. The fraction of sp³-hybridized carbons (Fsp3) is 0.154. The number of hydrogen-bond donors (Lipinski definition) is 0. The van der Waals surface area contributed by atoms with Crippen molar-refractivity contribution in [3.8, 4) is 0 Å². The van der Waals surface area contributed by atoms with Crippen LogP contribution in [-0.2, 0) is 16.0 Å². The Bertz CT molecular complexity index is 1140. The molecule has 1 aliphatic heterocycles. The lowest BCUT2D eigenvalue weighted by Gasteiger charge is -2.26. The molecule has 32 heavy (non-hydrogen) atoms. The number of hydrogen-bond acceptors (Lipinski definition) is 5. The van der Waals surface area contributed by atoms with Crippen LogP contribution in [0, 0.1) is 0 Å². The first-order valence-corrected chi connectivity index (χ1v) is 10.3. The summed E-state index contributed by atoms with van der Waals surface area (Å²) < 4.78 is 5.47. The van der Waals surface area contributed by atoms with Gasteiger partial charge in [0, 0.05) is 12.0 Å². The van der Waals surface area contributed by atoms with Gasteiger partial charge in [-0.15, -0.1) is 0 Å². The quantitative estimate of drug-likeness (QED) is 0.326. The lowest BCUT2D eigenvalue weighted by molar-refractivity contribution is -0.151. The van der Waals surface area contributed by atoms with Gasteiger partial charge in [0.1, 0.15) is 6.04 Å². The van der Waals surface area contributed by atoms with Gasteiger partial charge in [-0.05, 0) is 24.6 Å². The third kappa shape index (κ3) is 4.07. The highest BCUT2D eigenvalue weighted by Crippen LogP contribution is 2.27. The molecule has 0 fully saturated rings. The molecule has 0 saturated carbocycles. The van der Waals surface area contributed by atoms with E-state index in [0.717, 1.165) is 10.5 Å². The van der Waals surface area contributed by atoms with Crippen LogP contribution in [0.1, 0.15) is 43.6 Å². The molecule has 0 N–H and O–H groups in total. The second-order valence-corrected chi connectivity index (χ2v) is 7.54. The van der Waals surface area contributed by atoms with E-state index in [1.165, 1.54) is 6.92 Å². The minimum atomic E-state index is -1.20. The number of ether oxygens (including phenoxy) is 1. The Hall–Kier alpha value is -4.06. The SMILES string of the molecule is CC(OC(=O)[C@H](Cc1ccccc1)N1C(=O)c2ccccc2C1=O)C(=O)c1ccccc1. The predicted molar refractivity (Wildman–Crippen MR) is 117 cm³/mol. The van der Waals surface area contributed by atoms with E-state index in [4.69, 9.17) is 4.74 Å². The van der Waals surface area contributed by atoms with E-state index in [-0.39, 0.29) is 23.3 Å². The van der Waals surface area contributed by atoms with Crippen LogP contribution in [0.2, 0.25) is 0 Å². The van der Waals surface area contributed by atoms with Gasteiger partial charge in [-0.25, -0.2) is 4.79 Å². The van der Waals surface area contributed by atoms with Gasteiger partial charge < -0.3 is 4.74 Å². The molecule has 1 aliphatic rings. The summed E-state index contributed by atoms with van der Waals surface area (Å²) in [5.41, 5.74) is 1.66. The molecular formula is C26H21NO5. The normalized spacial score (nSPS) is 14.6. The molecule has 6 nitrogen and oxygen atoms in total. The number of esters is 1. The van der Waals surface area contributed by atoms with E-state index in [1.54, 1.807) is 66.7 Å². The van der Waals surface area contributed by atoms with Crippen LogP contribution >= 0.6 is 0 Å². The van der Waals surface area contributed by atoms with Gasteiger partial charge in [0.2, 0.25) is 5.78 Å². The third-order valence-corrected chi connectivity index (χ3v) is 5.40. The highest BCUT2D eigenvalue weighted by molar-refractivity contribution is 6.22. The third-order valence-electron chi connectivity index (χ3n) is 5.40. The van der Waals surface area contributed by atoms with Crippen LogP contribution in [-0.4, -0.2) is 40.6 Å². The predicted octanol–water partition coefficient (Wildman–Crippen LogP) is 3.71. The van der Waals surface area contributed by atoms with Gasteiger partial charge >= 0.3 is 5.97 Å². The molecule has 3 aromatic carbocycles. The number of ketones is 1. The summed E-state index contributed by atoms with van der Waals surface area (Å²) in [6.45, 7) is 1.48. The molecule has 0 bridgehead atoms. The Balaban J connectivity index is 1.61. The maximum Gasteiger partial charge on any atom is 0.330 e. The molecule has 0 radical (unpaired) electrons. The van der Waals surface area contributed by atoms with Gasteiger partial charge in [-0.3, -0.25) is 19.3 Å². The second-order valence-electron chi connectivity index (χ2n) is 7.54. The standard InChI is InChI=1S/C26H21NO5/c1-17(23(28)19-12-6-3-7-13-19)32-26(31)22(16-18-10-4-2-5-11-18)27-24(29)20-14-8-9-15-21(20)25(27)30/h2-15,17,22H,16H2,1H3/t17?,22-/m0/s1. The number of rotatable bonds is 7. The van der Waals surface area contributed by atoms with Crippen molar-refractivity contribution in [2.45, 2.75) is 25.5 Å². The number of benzene rings is 3. The lowest BCUT2D eigenvalue weighted by atomic mass is 10.0. The van der Waals surface area contributed by atoms with Gasteiger partial charge in [-0.1, -0.05) is 72.8 Å². The van der Waals surface area contributed by atoms with Crippen molar-refractivity contribution >= 4 is 23.6 Å². The minimum absolute atomic E-state index is 0.0807. The van der Waals surface area contributed by atoms with Crippen LogP contribution in [0.3, 0.4) is 0 Å². The highest BCUT2D eigenvalue weighted by Gasteiger charge is 2.44. The van der Waals surface area contributed by atoms with E-state index in [1.807, 2.05) is 18.2 Å². The second kappa shape index (κ2) is 8.98. The fourth-order valence-corrected chi connectivity index (χ4v) is 3.75. The largest absolute Gasteiger partial charge is 0.453 e. The topological polar surface area (TPSA) is 80.8 Å². The van der Waals surface area contributed by atoms with Crippen LogP contribution in [0.5, 0.6) is 0 Å². The molecule has 6 heteroatoms. The number of amides is 2. The molecular weight excluding hydrogens is 406 g/mol. The number of imide groups is 1. The van der Waals surface area contributed by atoms with Crippen molar-refractivity contribution < 1.29 is 23.9 Å². The minimum Gasteiger partial charge on any atom is -0.453 e. The lowest BCUT2D eigenvalue weighted by Crippen LogP contribution is -2.48. The van der Waals surface area contributed by atoms with E-state index >= 15 is 0 Å². The van der Waals surface area contributed by atoms with Crippen molar-refractivity contribution in [2.75, 3.05) is 0 Å². The van der Waals surface area contributed by atoms with Crippen molar-refractivity contribution in [2.24, 2.45) is 0 Å². The first-order valence-electron chi connectivity index (χ1n) is 10.3. The first kappa shape index (κ1) is 21.2. The molecule has 3 aromatic rings. The molecule has 1 unspecified atom stereocenters. The van der Waals surface area contributed by atoms with Crippen molar-refractivity contribution in [1.29, 1.82) is 0 Å². The van der Waals surface area contributed by atoms with Crippen molar-refractivity contribution in [1.82, 2.24) is 4.90 Å². The molecule has 160 valence electrons. The molecule has 2 amide bonds. The number of carbonyl (C=O) groups excluding carboxylic acids is 4. The van der Waals surface area contributed by atoms with Crippen LogP contribution < -0.4 is 0 Å². The Labute approximate surface area is 185 Å². The monoisotopic (exact) mass is 427 g/mol. The molecule has 4 rings (SSSR count). The summed E-state index contributed by atoms with van der Waals surface area (Å²) in [5, 5.41) is 0. The zero-order valence-corrected chi connectivity index (χ0v) is 17.4. The van der Waals surface area contributed by atoms with Gasteiger partial charge in [-0.2, -0.15) is 0 Å². The zero-order valence-electron chi connectivity index (χ0n) is 17.4. The van der Waals surface area contributed by atoms with Gasteiger partial charge in [0.05, 0.1) is 11.1 Å². The Morgan fingerprint density at radius 2 is 1.28 bits per heavy atom. The van der Waals surface area contributed by atoms with Gasteiger partial charge in [0.25, 0.3) is 11.8 Å². The average Bonchev–Trinajstić information content (AvgIpc) is 3.08. The number of nitrogens with zero attached hydrogens (tertiary/aromatic N) is 1. The maximum absolute atomic E-state index is 13.2. The fourth-order valence-electron chi connectivity index (χ4n) is 3.75. The van der Waals surface area contributed by atoms with Crippen molar-refractivity contribution in [3.05, 3.63) is 107 Å². The van der Waals surface area contributed by atoms with Crippen LogP contribution in [0.15, 0.2) is 84.9 Å². The summed E-state index contributed by atoms with van der Waals surface area (Å²) in [6, 6.07) is 22.8. The average molecular weight is 427 g/mol. The summed E-state index contributed by atoms with van der Waals surface area (Å²) in [6.07, 6.45) is -0.990. The molecule has 0 aromatic heterocycles. The van der Waals surface area contributed by atoms with Crippen LogP contribution in [0.4, 0.5) is 0 Å². The van der Waals surface area contributed by atoms with E-state index in [9.17, 15) is 19.2 Å². The van der Waals surface area contributed by atoms with Crippen molar-refractivity contribution in [3.63, 3.8) is 0 Å². The molecule has 0 aliphatic carbocycles. The first-order chi connectivity index (χ1) is 15.5. The van der Waals surface area contributed by atoms with E-state index in [0.29, 0.717) is 5.56 Å². The molecule has 0 spiro atoms. The van der Waals surface area contributed by atoms with Crippen LogP contribution in [0.25, 0.3) is 0 Å². The summed E-state index contributed by atoms with van der Waals surface area (Å²) in [7, 11) is 0. The Morgan fingerprint density at radius 3 is 1.84 bits per heavy atom. The maximum atomic E-state index is 13.2. The summed E-state index contributed by atoms with van der Waals surface area (Å²) >= 11 is 0.